The highest BCUT2D eigenvalue weighted by Crippen LogP contribution is 2.32. The fourth-order valence-electron chi connectivity index (χ4n) is 2.98. The number of carbonyl (C=O) groups is 3. The molecule has 3 rings (SSSR count). The van der Waals surface area contributed by atoms with E-state index in [1.165, 1.54) is 43.3 Å². The molecule has 0 saturated carbocycles. The highest BCUT2D eigenvalue weighted by atomic mass is 32.2. The summed E-state index contributed by atoms with van der Waals surface area (Å²) in [5.74, 6) is -2.99. The van der Waals surface area contributed by atoms with E-state index in [-0.39, 0.29) is 21.8 Å². The molecule has 0 bridgehead atoms. The van der Waals surface area contributed by atoms with Crippen molar-refractivity contribution in [3.63, 3.8) is 0 Å². The third-order valence-corrected chi connectivity index (χ3v) is 6.49. The average molecular weight is 449 g/mol. The van der Waals surface area contributed by atoms with Crippen molar-refractivity contribution < 1.29 is 31.9 Å². The third-order valence-electron chi connectivity index (χ3n) is 4.49. The van der Waals surface area contributed by atoms with Crippen molar-refractivity contribution in [1.82, 2.24) is 15.2 Å². The number of rotatable bonds is 5. The maximum absolute atomic E-state index is 13.6. The van der Waals surface area contributed by atoms with Gasteiger partial charge in [0.25, 0.3) is 27.7 Å². The summed E-state index contributed by atoms with van der Waals surface area (Å²) in [6, 6.07) is 8.55. The minimum atomic E-state index is -4.07. The van der Waals surface area contributed by atoms with Gasteiger partial charge in [0.15, 0.2) is 17.7 Å². The van der Waals surface area contributed by atoms with Gasteiger partial charge in [-0.1, -0.05) is 12.1 Å². The van der Waals surface area contributed by atoms with Crippen LogP contribution in [0.5, 0.6) is 5.75 Å². The summed E-state index contributed by atoms with van der Waals surface area (Å²) in [7, 11) is -4.07. The fourth-order valence-corrected chi connectivity index (χ4v) is 4.77. The first-order valence-electron chi connectivity index (χ1n) is 9.28. The molecule has 31 heavy (non-hydrogen) atoms. The second-order valence-corrected chi connectivity index (χ2v) is 8.83. The van der Waals surface area contributed by atoms with Gasteiger partial charge in [-0.05, 0) is 51.1 Å². The lowest BCUT2D eigenvalue weighted by Crippen LogP contribution is -2.47. The Bertz CT molecular complexity index is 1170. The largest absolute Gasteiger partial charge is 0.478 e. The molecule has 0 fully saturated rings. The van der Waals surface area contributed by atoms with Gasteiger partial charge in [0.05, 0.1) is 5.56 Å². The molecule has 0 saturated heterocycles. The van der Waals surface area contributed by atoms with Gasteiger partial charge in [-0.3, -0.25) is 25.2 Å². The maximum Gasteiger partial charge on any atom is 0.279 e. The minimum Gasteiger partial charge on any atom is -0.478 e. The van der Waals surface area contributed by atoms with Crippen molar-refractivity contribution in [2.75, 3.05) is 0 Å². The summed E-state index contributed by atoms with van der Waals surface area (Å²) in [5.41, 5.74) is 4.16. The van der Waals surface area contributed by atoms with E-state index in [2.05, 4.69) is 10.9 Å². The third kappa shape index (κ3) is 4.22. The number of benzene rings is 2. The predicted molar refractivity (Wildman–Crippen MR) is 107 cm³/mol. The first kappa shape index (κ1) is 22.2. The van der Waals surface area contributed by atoms with Gasteiger partial charge in [0, 0.05) is 11.6 Å². The Morgan fingerprint density at radius 2 is 1.74 bits per heavy atom. The Balaban J connectivity index is 1.69. The molecule has 0 spiro atoms. The van der Waals surface area contributed by atoms with Crippen molar-refractivity contribution in [3.05, 3.63) is 59.4 Å². The van der Waals surface area contributed by atoms with Crippen LogP contribution in [-0.2, 0) is 14.8 Å². The van der Waals surface area contributed by atoms with Crippen LogP contribution >= 0.6 is 0 Å². The number of para-hydroxylation sites is 1. The number of nitrogens with one attached hydrogen (secondary N) is 2. The number of hydrogen-bond acceptors (Lipinski definition) is 6. The molecular weight excluding hydrogens is 429 g/mol. The van der Waals surface area contributed by atoms with Crippen LogP contribution in [0.4, 0.5) is 4.39 Å². The maximum atomic E-state index is 13.6. The number of hydrogen-bond donors (Lipinski definition) is 2. The highest BCUT2D eigenvalue weighted by molar-refractivity contribution is 7.90. The summed E-state index contributed by atoms with van der Waals surface area (Å²) in [4.78, 5) is 36.6. The van der Waals surface area contributed by atoms with Crippen LogP contribution in [0.25, 0.3) is 0 Å². The van der Waals surface area contributed by atoms with Crippen LogP contribution in [0, 0.1) is 5.82 Å². The van der Waals surface area contributed by atoms with E-state index in [9.17, 15) is 27.2 Å². The van der Waals surface area contributed by atoms with Crippen molar-refractivity contribution in [1.29, 1.82) is 0 Å². The number of carbonyl (C=O) groups excluding carboxylic acids is 3. The molecule has 0 radical (unpaired) electrons. The lowest BCUT2D eigenvalue weighted by atomic mass is 10.1. The van der Waals surface area contributed by atoms with Crippen molar-refractivity contribution >= 4 is 27.7 Å². The number of hydrazine groups is 1. The van der Waals surface area contributed by atoms with Gasteiger partial charge in [-0.15, -0.1) is 0 Å². The Labute approximate surface area is 178 Å². The molecule has 2 aromatic carbocycles. The standard InChI is InChI=1S/C20H20FN3O6S/c1-11(2)24-20(27)14-9-8-13(10-17(14)31(24,28)29)19(26)23-22-18(25)12(3)30-16-7-5-4-6-15(16)21/h4-12H,1-3H3,(H,22,25)(H,23,26). The van der Waals surface area contributed by atoms with E-state index >= 15 is 0 Å². The fraction of sp³-hybridized carbons (Fsp3) is 0.250. The number of halogens is 1. The van der Waals surface area contributed by atoms with Crippen LogP contribution in [0.3, 0.4) is 0 Å². The lowest BCUT2D eigenvalue weighted by Gasteiger charge is -2.18. The Kier molecular flexibility index (Phi) is 5.98. The molecule has 0 aromatic heterocycles. The lowest BCUT2D eigenvalue weighted by molar-refractivity contribution is -0.128. The van der Waals surface area contributed by atoms with E-state index in [1.807, 2.05) is 0 Å². The van der Waals surface area contributed by atoms with E-state index in [0.29, 0.717) is 0 Å². The predicted octanol–water partition coefficient (Wildman–Crippen LogP) is 1.61. The summed E-state index contributed by atoms with van der Waals surface area (Å²) < 4.78 is 44.8. The molecule has 2 N–H and O–H groups in total. The zero-order valence-electron chi connectivity index (χ0n) is 16.9. The molecule has 1 aliphatic rings. The van der Waals surface area contributed by atoms with E-state index < -0.39 is 45.7 Å². The van der Waals surface area contributed by atoms with Crippen molar-refractivity contribution in [3.8, 4) is 5.75 Å². The topological polar surface area (TPSA) is 122 Å². The molecule has 164 valence electrons. The van der Waals surface area contributed by atoms with Crippen LogP contribution in [0.1, 0.15) is 41.5 Å². The molecule has 1 aliphatic heterocycles. The molecule has 1 heterocycles. The molecule has 2 aromatic rings. The summed E-state index contributed by atoms with van der Waals surface area (Å²) in [6.45, 7) is 4.49. The van der Waals surface area contributed by atoms with Gasteiger partial charge in [-0.2, -0.15) is 0 Å². The number of sulfonamides is 1. The monoisotopic (exact) mass is 449 g/mol. The first-order chi connectivity index (χ1) is 14.5. The van der Waals surface area contributed by atoms with Gasteiger partial charge in [0.2, 0.25) is 0 Å². The Morgan fingerprint density at radius 3 is 2.39 bits per heavy atom. The molecule has 11 heteroatoms. The van der Waals surface area contributed by atoms with Crippen LogP contribution < -0.4 is 15.6 Å². The van der Waals surface area contributed by atoms with Crippen LogP contribution in [-0.4, -0.2) is 42.6 Å². The second kappa shape index (κ2) is 8.34. The summed E-state index contributed by atoms with van der Waals surface area (Å²) in [6.07, 6.45) is -1.13. The van der Waals surface area contributed by atoms with E-state index in [1.54, 1.807) is 13.8 Å². The van der Waals surface area contributed by atoms with Crippen molar-refractivity contribution in [2.45, 2.75) is 37.8 Å². The molecule has 1 atom stereocenters. The van der Waals surface area contributed by atoms with Crippen molar-refractivity contribution in [2.24, 2.45) is 0 Å². The zero-order chi connectivity index (χ0) is 22.9. The smallest absolute Gasteiger partial charge is 0.279 e. The molecule has 3 amide bonds. The van der Waals surface area contributed by atoms with Crippen LogP contribution in [0.2, 0.25) is 0 Å². The molecule has 0 aliphatic carbocycles. The second-order valence-electron chi connectivity index (χ2n) is 7.04. The number of nitrogens with zero attached hydrogens (tertiary/aromatic N) is 1. The summed E-state index contributed by atoms with van der Waals surface area (Å²) in [5, 5.41) is 0. The number of ether oxygens (including phenoxy) is 1. The highest BCUT2D eigenvalue weighted by Gasteiger charge is 2.42. The van der Waals surface area contributed by atoms with Gasteiger partial charge in [0.1, 0.15) is 4.90 Å². The number of fused-ring (bicyclic) bond motifs is 1. The van der Waals surface area contributed by atoms with Gasteiger partial charge >= 0.3 is 0 Å². The SMILES string of the molecule is CC(Oc1ccccc1F)C(=O)NNC(=O)c1ccc2c(c1)S(=O)(=O)N(C(C)C)C2=O. The normalized spacial score (nSPS) is 15.4. The molecular formula is C20H20FN3O6S. The van der Waals surface area contributed by atoms with Gasteiger partial charge in [-0.25, -0.2) is 17.1 Å². The van der Waals surface area contributed by atoms with Gasteiger partial charge < -0.3 is 4.74 Å². The quantitative estimate of drug-likeness (QED) is 0.669. The zero-order valence-corrected chi connectivity index (χ0v) is 17.7. The average Bonchev–Trinajstić information content (AvgIpc) is 2.92. The first-order valence-corrected chi connectivity index (χ1v) is 10.7. The van der Waals surface area contributed by atoms with Crippen LogP contribution in [0.15, 0.2) is 47.4 Å². The summed E-state index contributed by atoms with van der Waals surface area (Å²) >= 11 is 0. The molecule has 9 nitrogen and oxygen atoms in total. The Morgan fingerprint density at radius 1 is 1.06 bits per heavy atom. The Hall–Kier alpha value is -3.47. The number of amides is 3. The minimum absolute atomic E-state index is 0.0267. The van der Waals surface area contributed by atoms with E-state index in [4.69, 9.17) is 4.74 Å². The van der Waals surface area contributed by atoms with E-state index in [0.717, 1.165) is 10.4 Å². The molecule has 1 unspecified atom stereocenters.